The molecule has 2 aromatic carbocycles. The zero-order valence-corrected chi connectivity index (χ0v) is 14.8. The summed E-state index contributed by atoms with van der Waals surface area (Å²) in [5, 5.41) is 19.8. The van der Waals surface area contributed by atoms with Crippen LogP contribution >= 0.6 is 0 Å². The van der Waals surface area contributed by atoms with Crippen LogP contribution in [0.2, 0.25) is 0 Å². The van der Waals surface area contributed by atoms with Gasteiger partial charge in [-0.25, -0.2) is 0 Å². The van der Waals surface area contributed by atoms with Gasteiger partial charge in [-0.1, -0.05) is 78.9 Å². The van der Waals surface area contributed by atoms with Crippen molar-refractivity contribution in [3.63, 3.8) is 0 Å². The van der Waals surface area contributed by atoms with Gasteiger partial charge in [-0.15, -0.1) is 0 Å². The van der Waals surface area contributed by atoms with E-state index in [1.807, 2.05) is 66.7 Å². The number of carbonyl (C=O) groups is 1. The lowest BCUT2D eigenvalue weighted by Gasteiger charge is -2.11. The fourth-order valence-electron chi connectivity index (χ4n) is 2.59. The van der Waals surface area contributed by atoms with Crippen LogP contribution in [0.25, 0.3) is 5.57 Å². The Labute approximate surface area is 154 Å². The highest BCUT2D eigenvalue weighted by Gasteiger charge is 2.14. The third-order valence-corrected chi connectivity index (χ3v) is 3.91. The summed E-state index contributed by atoms with van der Waals surface area (Å²) in [5.41, 5.74) is 3.18. The predicted molar refractivity (Wildman–Crippen MR) is 102 cm³/mol. The van der Waals surface area contributed by atoms with Gasteiger partial charge in [0.05, 0.1) is 25.7 Å². The topological polar surface area (TPSA) is 66.8 Å². The van der Waals surface area contributed by atoms with Crippen LogP contribution in [-0.2, 0) is 9.53 Å². The summed E-state index contributed by atoms with van der Waals surface area (Å²) in [6.45, 7) is 0. The van der Waals surface area contributed by atoms with Gasteiger partial charge in [0.15, 0.2) is 0 Å². The molecular formula is C22H24O4. The number of ether oxygens (including phenoxy) is 1. The molecule has 0 aliphatic carbocycles. The van der Waals surface area contributed by atoms with Crippen molar-refractivity contribution < 1.29 is 19.7 Å². The first-order valence-electron chi connectivity index (χ1n) is 8.52. The van der Waals surface area contributed by atoms with E-state index in [1.165, 1.54) is 7.11 Å². The molecule has 2 aromatic rings. The summed E-state index contributed by atoms with van der Waals surface area (Å²) in [6, 6.07) is 20.0. The monoisotopic (exact) mass is 352 g/mol. The quantitative estimate of drug-likeness (QED) is 0.565. The molecule has 4 heteroatoms. The minimum absolute atomic E-state index is 0.0748. The fourth-order valence-corrected chi connectivity index (χ4v) is 2.59. The Morgan fingerprint density at radius 3 is 2.04 bits per heavy atom. The van der Waals surface area contributed by atoms with Crippen molar-refractivity contribution in [3.8, 4) is 0 Å². The molecule has 2 rings (SSSR count). The fraction of sp³-hybridized carbons (Fsp3) is 0.227. The number of aliphatic hydroxyl groups is 2. The Morgan fingerprint density at radius 2 is 1.54 bits per heavy atom. The van der Waals surface area contributed by atoms with Crippen molar-refractivity contribution in [1.29, 1.82) is 0 Å². The molecule has 0 bridgehead atoms. The first kappa shape index (κ1) is 19.6. The number of methoxy groups -OCH3 is 1. The Morgan fingerprint density at radius 1 is 1.00 bits per heavy atom. The number of benzene rings is 2. The van der Waals surface area contributed by atoms with Gasteiger partial charge in [0.2, 0.25) is 0 Å². The number of aliphatic hydroxyl groups excluding tert-OH is 2. The molecule has 0 aliphatic rings. The summed E-state index contributed by atoms with van der Waals surface area (Å²) in [5.74, 6) is -0.496. The van der Waals surface area contributed by atoms with Gasteiger partial charge in [-0.3, -0.25) is 4.79 Å². The number of allylic oxidation sites excluding steroid dienone is 2. The highest BCUT2D eigenvalue weighted by atomic mass is 16.5. The van der Waals surface area contributed by atoms with Crippen molar-refractivity contribution in [2.24, 2.45) is 0 Å². The molecule has 0 amide bonds. The maximum Gasteiger partial charge on any atom is 0.308 e. The van der Waals surface area contributed by atoms with E-state index in [1.54, 1.807) is 12.2 Å². The van der Waals surface area contributed by atoms with E-state index in [0.717, 1.165) is 16.7 Å². The van der Waals surface area contributed by atoms with Gasteiger partial charge in [0, 0.05) is 6.42 Å². The van der Waals surface area contributed by atoms with Crippen LogP contribution in [0, 0.1) is 0 Å². The SMILES string of the molecule is COC(=O)C[C@@H](O)C[C@@H](O)/C=C/C=C(c1ccccc1)c1ccccc1. The first-order valence-corrected chi connectivity index (χ1v) is 8.52. The smallest absolute Gasteiger partial charge is 0.308 e. The Kier molecular flexibility index (Phi) is 7.80. The third-order valence-electron chi connectivity index (χ3n) is 3.91. The van der Waals surface area contributed by atoms with Crippen LogP contribution in [-0.4, -0.2) is 35.5 Å². The summed E-state index contributed by atoms with van der Waals surface area (Å²) in [7, 11) is 1.27. The normalized spacial score (nSPS) is 13.2. The van der Waals surface area contributed by atoms with Crippen LogP contribution < -0.4 is 0 Å². The number of esters is 1. The van der Waals surface area contributed by atoms with Gasteiger partial charge in [0.25, 0.3) is 0 Å². The van der Waals surface area contributed by atoms with Crippen LogP contribution in [0.1, 0.15) is 24.0 Å². The zero-order chi connectivity index (χ0) is 18.8. The standard InChI is InChI=1S/C22H24O4/c1-26-22(25)16-20(24)15-19(23)13-8-14-21(17-9-4-2-5-10-17)18-11-6-3-7-12-18/h2-14,19-20,23-24H,15-16H2,1H3/b13-8+/t19-,20-/m0/s1. The molecule has 0 fully saturated rings. The Balaban J connectivity index is 2.10. The third kappa shape index (κ3) is 6.31. The Hall–Kier alpha value is -2.69. The molecule has 0 aromatic heterocycles. The number of hydrogen-bond acceptors (Lipinski definition) is 4. The van der Waals surface area contributed by atoms with Crippen LogP contribution in [0.5, 0.6) is 0 Å². The average molecular weight is 352 g/mol. The van der Waals surface area contributed by atoms with Crippen molar-refractivity contribution >= 4 is 11.5 Å². The molecule has 4 nitrogen and oxygen atoms in total. The largest absolute Gasteiger partial charge is 0.469 e. The molecule has 0 unspecified atom stereocenters. The summed E-state index contributed by atoms with van der Waals surface area (Å²) in [4.78, 5) is 11.1. The molecule has 26 heavy (non-hydrogen) atoms. The summed E-state index contributed by atoms with van der Waals surface area (Å²) >= 11 is 0. The highest BCUT2D eigenvalue weighted by molar-refractivity contribution is 5.80. The molecule has 2 atom stereocenters. The highest BCUT2D eigenvalue weighted by Crippen LogP contribution is 2.23. The van der Waals surface area contributed by atoms with E-state index in [0.29, 0.717) is 0 Å². The second-order valence-electron chi connectivity index (χ2n) is 5.93. The maximum atomic E-state index is 11.1. The second kappa shape index (κ2) is 10.3. The molecule has 136 valence electrons. The molecule has 0 saturated carbocycles. The maximum absolute atomic E-state index is 11.1. The summed E-state index contributed by atoms with van der Waals surface area (Å²) in [6.07, 6.45) is 3.47. The lowest BCUT2D eigenvalue weighted by Crippen LogP contribution is -2.20. The lowest BCUT2D eigenvalue weighted by atomic mass is 9.97. The van der Waals surface area contributed by atoms with Crippen LogP contribution in [0.15, 0.2) is 78.9 Å². The van der Waals surface area contributed by atoms with Gasteiger partial charge in [0.1, 0.15) is 0 Å². The van der Waals surface area contributed by atoms with Crippen LogP contribution in [0.3, 0.4) is 0 Å². The summed E-state index contributed by atoms with van der Waals surface area (Å²) < 4.78 is 4.50. The predicted octanol–water partition coefficient (Wildman–Crippen LogP) is 3.35. The van der Waals surface area contributed by atoms with E-state index < -0.39 is 18.2 Å². The second-order valence-corrected chi connectivity index (χ2v) is 5.93. The first-order chi connectivity index (χ1) is 12.6. The molecule has 0 heterocycles. The van der Waals surface area contributed by atoms with E-state index >= 15 is 0 Å². The van der Waals surface area contributed by atoms with E-state index in [9.17, 15) is 15.0 Å². The van der Waals surface area contributed by atoms with E-state index in [-0.39, 0.29) is 12.8 Å². The average Bonchev–Trinajstić information content (AvgIpc) is 2.66. The molecule has 2 N–H and O–H groups in total. The van der Waals surface area contributed by atoms with Crippen molar-refractivity contribution in [3.05, 3.63) is 90.0 Å². The van der Waals surface area contributed by atoms with Crippen molar-refractivity contribution in [2.75, 3.05) is 7.11 Å². The van der Waals surface area contributed by atoms with Gasteiger partial charge in [-0.05, 0) is 16.7 Å². The van der Waals surface area contributed by atoms with Gasteiger partial charge in [-0.2, -0.15) is 0 Å². The molecule has 0 radical (unpaired) electrons. The van der Waals surface area contributed by atoms with Crippen molar-refractivity contribution in [1.82, 2.24) is 0 Å². The van der Waals surface area contributed by atoms with Crippen LogP contribution in [0.4, 0.5) is 0 Å². The zero-order valence-electron chi connectivity index (χ0n) is 14.8. The molecular weight excluding hydrogens is 328 g/mol. The minimum Gasteiger partial charge on any atom is -0.469 e. The van der Waals surface area contributed by atoms with Crippen molar-refractivity contribution in [2.45, 2.75) is 25.0 Å². The Bertz CT molecular complexity index is 694. The van der Waals surface area contributed by atoms with Gasteiger partial charge < -0.3 is 14.9 Å². The number of rotatable bonds is 8. The molecule has 0 aliphatic heterocycles. The van der Waals surface area contributed by atoms with E-state index in [4.69, 9.17) is 0 Å². The molecule has 0 saturated heterocycles. The minimum atomic E-state index is -0.936. The van der Waals surface area contributed by atoms with Gasteiger partial charge >= 0.3 is 5.97 Å². The van der Waals surface area contributed by atoms with E-state index in [2.05, 4.69) is 4.74 Å². The number of hydrogen-bond donors (Lipinski definition) is 2. The lowest BCUT2D eigenvalue weighted by molar-refractivity contribution is -0.143. The number of carbonyl (C=O) groups excluding carboxylic acids is 1. The molecule has 0 spiro atoms.